The van der Waals surface area contributed by atoms with Gasteiger partial charge in [0.05, 0.1) is 5.69 Å². The summed E-state index contributed by atoms with van der Waals surface area (Å²) in [6.45, 7) is 4.99. The molecule has 1 aliphatic rings. The second kappa shape index (κ2) is 8.05. The minimum Gasteiger partial charge on any atom is -0.345 e. The summed E-state index contributed by atoms with van der Waals surface area (Å²) < 4.78 is 30.3. The monoisotopic (exact) mass is 429 g/mol. The zero-order valence-corrected chi connectivity index (χ0v) is 18.8. The van der Waals surface area contributed by atoms with Crippen LogP contribution >= 0.6 is 11.3 Å². The van der Waals surface area contributed by atoms with Crippen LogP contribution in [0.25, 0.3) is 10.7 Å². The van der Waals surface area contributed by atoms with Crippen molar-refractivity contribution in [3.8, 4) is 10.7 Å². The van der Waals surface area contributed by atoms with Gasteiger partial charge in [0.2, 0.25) is 10.0 Å². The van der Waals surface area contributed by atoms with E-state index in [2.05, 4.69) is 29.2 Å². The quantitative estimate of drug-likeness (QED) is 0.604. The summed E-state index contributed by atoms with van der Waals surface area (Å²) in [4.78, 5) is 4.94. The molecule has 0 radical (unpaired) electrons. The second-order valence-electron chi connectivity index (χ2n) is 7.87. The van der Waals surface area contributed by atoms with Crippen LogP contribution < -0.4 is 0 Å². The average molecular weight is 430 g/mol. The molecule has 154 valence electrons. The van der Waals surface area contributed by atoms with Gasteiger partial charge in [-0.05, 0) is 50.7 Å². The molecule has 0 bridgehead atoms. The molecule has 0 spiro atoms. The minimum atomic E-state index is -3.50. The molecule has 0 atom stereocenters. The van der Waals surface area contributed by atoms with Crippen LogP contribution in [0.15, 0.2) is 46.7 Å². The lowest BCUT2D eigenvalue weighted by Gasteiger charge is -2.31. The van der Waals surface area contributed by atoms with Crippen molar-refractivity contribution in [2.24, 2.45) is 13.0 Å². The second-order valence-corrected chi connectivity index (χ2v) is 10.6. The summed E-state index contributed by atoms with van der Waals surface area (Å²) >= 11 is 1.55. The molecule has 7 heteroatoms. The number of aromatic nitrogens is 2. The van der Waals surface area contributed by atoms with Gasteiger partial charge in [-0.2, -0.15) is 4.31 Å². The van der Waals surface area contributed by atoms with Crippen LogP contribution in [0.4, 0.5) is 0 Å². The van der Waals surface area contributed by atoms with Crippen molar-refractivity contribution in [1.82, 2.24) is 13.9 Å². The molecule has 0 saturated carbocycles. The zero-order chi connectivity index (χ0) is 20.6. The number of aryl methyl sites for hydroxylation is 1. The normalized spacial score (nSPS) is 16.4. The van der Waals surface area contributed by atoms with Gasteiger partial charge in [0, 0.05) is 36.9 Å². The van der Waals surface area contributed by atoms with Crippen LogP contribution in [-0.4, -0.2) is 35.4 Å². The molecular weight excluding hydrogens is 402 g/mol. The smallest absolute Gasteiger partial charge is 0.244 e. The summed E-state index contributed by atoms with van der Waals surface area (Å²) in [6, 6.07) is 12.3. The van der Waals surface area contributed by atoms with Crippen LogP contribution in [0.1, 0.15) is 29.8 Å². The Labute approximate surface area is 177 Å². The van der Waals surface area contributed by atoms with Crippen LogP contribution in [0.2, 0.25) is 0 Å². The predicted octanol–water partition coefficient (Wildman–Crippen LogP) is 4.41. The van der Waals surface area contributed by atoms with Crippen molar-refractivity contribution in [1.29, 1.82) is 0 Å². The van der Waals surface area contributed by atoms with Gasteiger partial charge >= 0.3 is 0 Å². The third-order valence-electron chi connectivity index (χ3n) is 5.89. The molecule has 0 aliphatic carbocycles. The molecule has 1 saturated heterocycles. The van der Waals surface area contributed by atoms with Gasteiger partial charge in [-0.3, -0.25) is 0 Å². The predicted molar refractivity (Wildman–Crippen MR) is 118 cm³/mol. The molecule has 1 fully saturated rings. The average Bonchev–Trinajstić information content (AvgIpc) is 3.27. The van der Waals surface area contributed by atoms with E-state index < -0.39 is 10.0 Å². The van der Waals surface area contributed by atoms with Gasteiger partial charge in [0.25, 0.3) is 0 Å². The largest absolute Gasteiger partial charge is 0.345 e. The van der Waals surface area contributed by atoms with Crippen LogP contribution in [0, 0.1) is 19.8 Å². The van der Waals surface area contributed by atoms with E-state index in [4.69, 9.17) is 0 Å². The summed E-state index contributed by atoms with van der Waals surface area (Å²) in [5.74, 6) is 0.537. The Morgan fingerprint density at radius 3 is 2.45 bits per heavy atom. The molecule has 1 aliphatic heterocycles. The molecule has 5 nitrogen and oxygen atoms in total. The fraction of sp³-hybridized carbons (Fsp3) is 0.409. The Morgan fingerprint density at radius 2 is 1.83 bits per heavy atom. The van der Waals surface area contributed by atoms with Gasteiger partial charge in [-0.15, -0.1) is 11.3 Å². The maximum absolute atomic E-state index is 13.4. The number of piperidine rings is 1. The van der Waals surface area contributed by atoms with Crippen molar-refractivity contribution in [2.45, 2.75) is 38.0 Å². The highest BCUT2D eigenvalue weighted by Crippen LogP contribution is 2.33. The number of benzene rings is 1. The Kier molecular flexibility index (Phi) is 5.64. The molecule has 3 aromatic rings. The topological polar surface area (TPSA) is 55.2 Å². The molecule has 3 heterocycles. The van der Waals surface area contributed by atoms with E-state index >= 15 is 0 Å². The first-order valence-electron chi connectivity index (χ1n) is 9.99. The maximum atomic E-state index is 13.4. The van der Waals surface area contributed by atoms with Crippen LogP contribution in [0.3, 0.4) is 0 Å². The fourth-order valence-electron chi connectivity index (χ4n) is 4.05. The van der Waals surface area contributed by atoms with Gasteiger partial charge in [0.15, 0.2) is 0 Å². The van der Waals surface area contributed by atoms with E-state index in [-0.39, 0.29) is 0 Å². The molecule has 29 heavy (non-hydrogen) atoms. The van der Waals surface area contributed by atoms with Crippen LogP contribution in [-0.2, 0) is 23.5 Å². The van der Waals surface area contributed by atoms with Crippen molar-refractivity contribution < 1.29 is 8.42 Å². The first-order valence-corrected chi connectivity index (χ1v) is 12.3. The highest BCUT2D eigenvalue weighted by molar-refractivity contribution is 7.89. The van der Waals surface area contributed by atoms with E-state index in [1.165, 1.54) is 5.56 Å². The van der Waals surface area contributed by atoms with Gasteiger partial charge in [-0.25, -0.2) is 13.4 Å². The molecule has 0 amide bonds. The fourth-order valence-corrected chi connectivity index (χ4v) is 6.64. The lowest BCUT2D eigenvalue weighted by molar-refractivity contribution is 0.272. The number of thiazole rings is 1. The molecule has 0 unspecified atom stereocenters. The number of sulfonamides is 1. The van der Waals surface area contributed by atoms with Gasteiger partial charge in [-0.1, -0.05) is 30.3 Å². The molecule has 2 aromatic heterocycles. The summed E-state index contributed by atoms with van der Waals surface area (Å²) in [7, 11) is -1.59. The first kappa shape index (κ1) is 20.3. The Bertz CT molecular complexity index is 1090. The number of nitrogens with zero attached hydrogens (tertiary/aromatic N) is 3. The summed E-state index contributed by atoms with van der Waals surface area (Å²) in [5.41, 5.74) is 3.90. The standard InChI is InChI=1S/C22H27N3O2S2/c1-16-15-28-22(23-16)20-14-21(17(2)24(20)3)29(26,27)25-11-9-19(10-12-25)13-18-7-5-4-6-8-18/h4-8,14-15,19H,9-13H2,1-3H3. The third-order valence-corrected chi connectivity index (χ3v) is 8.88. The van der Waals surface area contributed by atoms with E-state index in [0.29, 0.717) is 23.9 Å². The van der Waals surface area contributed by atoms with E-state index in [0.717, 1.165) is 41.4 Å². The molecular formula is C22H27N3O2S2. The highest BCUT2D eigenvalue weighted by atomic mass is 32.2. The number of hydrogen-bond donors (Lipinski definition) is 0. The minimum absolute atomic E-state index is 0.407. The molecule has 0 N–H and O–H groups in total. The zero-order valence-electron chi connectivity index (χ0n) is 17.1. The van der Waals surface area contributed by atoms with Crippen LogP contribution in [0.5, 0.6) is 0 Å². The summed E-state index contributed by atoms with van der Waals surface area (Å²) in [6.07, 6.45) is 2.82. The Hall–Kier alpha value is -1.96. The van der Waals surface area contributed by atoms with Crippen molar-refractivity contribution in [2.75, 3.05) is 13.1 Å². The summed E-state index contributed by atoms with van der Waals surface area (Å²) in [5, 5.41) is 2.85. The van der Waals surface area contributed by atoms with Gasteiger partial charge < -0.3 is 4.57 Å². The molecule has 1 aromatic carbocycles. The van der Waals surface area contributed by atoms with E-state index in [1.54, 1.807) is 21.7 Å². The Balaban J connectivity index is 1.51. The van der Waals surface area contributed by atoms with E-state index in [1.807, 2.05) is 36.9 Å². The van der Waals surface area contributed by atoms with Gasteiger partial charge in [0.1, 0.15) is 9.90 Å². The van der Waals surface area contributed by atoms with Crippen molar-refractivity contribution in [3.05, 3.63) is 58.7 Å². The highest BCUT2D eigenvalue weighted by Gasteiger charge is 2.32. The first-order chi connectivity index (χ1) is 13.9. The maximum Gasteiger partial charge on any atom is 0.244 e. The van der Waals surface area contributed by atoms with Crippen molar-refractivity contribution in [3.63, 3.8) is 0 Å². The Morgan fingerprint density at radius 1 is 1.14 bits per heavy atom. The molecule has 4 rings (SSSR count). The third kappa shape index (κ3) is 4.04. The van der Waals surface area contributed by atoms with Crippen molar-refractivity contribution >= 4 is 21.4 Å². The SMILES string of the molecule is Cc1csc(-c2cc(S(=O)(=O)N3CCC(Cc4ccccc4)CC3)c(C)n2C)n1. The number of hydrogen-bond acceptors (Lipinski definition) is 4. The lowest BCUT2D eigenvalue weighted by atomic mass is 9.91. The number of rotatable bonds is 5. The van der Waals surface area contributed by atoms with E-state index in [9.17, 15) is 8.42 Å². The lowest BCUT2D eigenvalue weighted by Crippen LogP contribution is -2.39.